The summed E-state index contributed by atoms with van der Waals surface area (Å²) in [4.78, 5) is 24.4. The summed E-state index contributed by atoms with van der Waals surface area (Å²) in [7, 11) is 0. The predicted octanol–water partition coefficient (Wildman–Crippen LogP) is 14.8. The Hall–Kier alpha value is -1.88. The molecule has 0 radical (unpaired) electrons. The normalized spacial score (nSPS) is 12.4. The molecule has 0 aromatic rings. The topological polar surface area (TPSA) is 72.8 Å². The molecule has 0 aliphatic heterocycles. The molecule has 1 atom stereocenters. The molecule has 5 heteroatoms. The van der Waals surface area contributed by atoms with Gasteiger partial charge in [0.05, 0.1) is 6.61 Å². The predicted molar refractivity (Wildman–Crippen MR) is 228 cm³/mol. The van der Waals surface area contributed by atoms with Gasteiger partial charge in [0.1, 0.15) is 6.61 Å². The first kappa shape index (κ1) is 51.1. The van der Waals surface area contributed by atoms with Crippen LogP contribution >= 0.6 is 0 Å². The summed E-state index contributed by atoms with van der Waals surface area (Å²) in [5.74, 6) is -0.589. The number of carbonyl (C=O) groups excluding carboxylic acids is 2. The number of ether oxygens (including phenoxy) is 2. The average molecular weight is 745 g/mol. The maximum absolute atomic E-state index is 12.2. The van der Waals surface area contributed by atoms with Gasteiger partial charge in [-0.2, -0.15) is 0 Å². The zero-order chi connectivity index (χ0) is 38.6. The van der Waals surface area contributed by atoms with Crippen molar-refractivity contribution in [2.75, 3.05) is 13.2 Å². The van der Waals surface area contributed by atoms with E-state index < -0.39 is 6.10 Å². The molecule has 53 heavy (non-hydrogen) atoms. The van der Waals surface area contributed by atoms with Crippen LogP contribution in [0.25, 0.3) is 0 Å². The smallest absolute Gasteiger partial charge is 0.306 e. The maximum atomic E-state index is 12.2. The van der Waals surface area contributed by atoms with Crippen LogP contribution in [0.3, 0.4) is 0 Å². The van der Waals surface area contributed by atoms with Crippen molar-refractivity contribution in [1.29, 1.82) is 0 Å². The molecule has 0 aromatic carbocycles. The van der Waals surface area contributed by atoms with Crippen molar-refractivity contribution < 1.29 is 24.2 Å². The van der Waals surface area contributed by atoms with Gasteiger partial charge in [0.15, 0.2) is 6.10 Å². The molecule has 0 bridgehead atoms. The molecule has 0 fully saturated rings. The Labute approximate surface area is 329 Å². The highest BCUT2D eigenvalue weighted by Crippen LogP contribution is 2.15. The van der Waals surface area contributed by atoms with Crippen molar-refractivity contribution in [1.82, 2.24) is 0 Å². The van der Waals surface area contributed by atoms with Gasteiger partial charge in [-0.05, 0) is 51.4 Å². The van der Waals surface area contributed by atoms with Crippen molar-refractivity contribution >= 4 is 11.9 Å². The van der Waals surface area contributed by atoms with Gasteiger partial charge in [0.25, 0.3) is 0 Å². The van der Waals surface area contributed by atoms with Gasteiger partial charge in [-0.15, -0.1) is 0 Å². The van der Waals surface area contributed by atoms with Crippen molar-refractivity contribution in [2.24, 2.45) is 0 Å². The van der Waals surface area contributed by atoms with E-state index in [2.05, 4.69) is 50.3 Å². The Morgan fingerprint density at radius 2 is 0.755 bits per heavy atom. The minimum absolute atomic E-state index is 0.0655. The van der Waals surface area contributed by atoms with Gasteiger partial charge < -0.3 is 14.6 Å². The number of hydrogen-bond acceptors (Lipinski definition) is 5. The Bertz CT molecular complexity index is 847. The lowest BCUT2D eigenvalue weighted by Crippen LogP contribution is -2.28. The first-order valence-corrected chi connectivity index (χ1v) is 23.0. The van der Waals surface area contributed by atoms with E-state index in [1.165, 1.54) is 161 Å². The number of rotatable bonds is 42. The van der Waals surface area contributed by atoms with Crippen molar-refractivity contribution in [3.05, 3.63) is 36.5 Å². The fraction of sp³-hybridized carbons (Fsp3) is 0.833. The molecule has 0 aromatic heterocycles. The van der Waals surface area contributed by atoms with Crippen molar-refractivity contribution in [3.8, 4) is 0 Å². The molecule has 1 N–H and O–H groups in total. The standard InChI is InChI=1S/C48H88O5/c1-3-5-7-9-11-13-15-17-19-21-22-23-24-25-26-27-29-31-33-35-37-39-41-43-48(51)53-46(44-49)45-52-47(50)42-40-38-36-34-32-30-28-20-18-16-14-12-10-8-6-4-2/h15,17,21-22,24-25,46,49H,3-14,16,18-20,23,26-45H2,1-2H3/b17-15-,22-21-,25-24-. The molecule has 0 saturated heterocycles. The van der Waals surface area contributed by atoms with Gasteiger partial charge >= 0.3 is 11.9 Å². The Morgan fingerprint density at radius 3 is 1.13 bits per heavy atom. The second-order valence-corrected chi connectivity index (χ2v) is 15.5. The third-order valence-electron chi connectivity index (χ3n) is 10.2. The van der Waals surface area contributed by atoms with E-state index in [4.69, 9.17) is 9.47 Å². The summed E-state index contributed by atoms with van der Waals surface area (Å²) in [5, 5.41) is 9.59. The van der Waals surface area contributed by atoms with Gasteiger partial charge in [0, 0.05) is 12.8 Å². The van der Waals surface area contributed by atoms with E-state index in [1.54, 1.807) is 0 Å². The molecular formula is C48H88O5. The van der Waals surface area contributed by atoms with Crippen LogP contribution in [0.4, 0.5) is 0 Å². The van der Waals surface area contributed by atoms with Crippen LogP contribution in [-0.2, 0) is 19.1 Å². The number of unbranched alkanes of at least 4 members (excludes halogenated alkanes) is 28. The van der Waals surface area contributed by atoms with Crippen LogP contribution in [0.1, 0.15) is 239 Å². The van der Waals surface area contributed by atoms with Crippen LogP contribution in [0.2, 0.25) is 0 Å². The van der Waals surface area contributed by atoms with Gasteiger partial charge in [-0.25, -0.2) is 0 Å². The zero-order valence-electron chi connectivity index (χ0n) is 35.3. The summed E-state index contributed by atoms with van der Waals surface area (Å²) in [6.07, 6.45) is 55.0. The number of carbonyl (C=O) groups is 2. The van der Waals surface area contributed by atoms with Gasteiger partial charge in [-0.3, -0.25) is 9.59 Å². The lowest BCUT2D eigenvalue weighted by molar-refractivity contribution is -0.161. The molecule has 0 heterocycles. The van der Waals surface area contributed by atoms with E-state index in [-0.39, 0.29) is 25.2 Å². The lowest BCUT2D eigenvalue weighted by Gasteiger charge is -2.15. The summed E-state index contributed by atoms with van der Waals surface area (Å²) >= 11 is 0. The molecule has 0 aliphatic carbocycles. The quantitative estimate of drug-likeness (QED) is 0.0383. The fourth-order valence-corrected chi connectivity index (χ4v) is 6.68. The zero-order valence-corrected chi connectivity index (χ0v) is 35.3. The number of hydrogen-bond donors (Lipinski definition) is 1. The maximum Gasteiger partial charge on any atom is 0.306 e. The number of allylic oxidation sites excluding steroid dienone is 6. The SMILES string of the molecule is CCCCCCC/C=C\C/C=C\C/C=C\CCCCCCCCCCC(=O)OC(CO)COC(=O)CCCCCCCCCCCCCCCCCC. The van der Waals surface area contributed by atoms with Crippen LogP contribution in [0.15, 0.2) is 36.5 Å². The molecule has 0 amide bonds. The molecule has 5 nitrogen and oxygen atoms in total. The third kappa shape index (κ3) is 42.7. The van der Waals surface area contributed by atoms with E-state index in [0.717, 1.165) is 51.4 Å². The largest absolute Gasteiger partial charge is 0.462 e. The van der Waals surface area contributed by atoms with Crippen molar-refractivity contribution in [2.45, 2.75) is 245 Å². The van der Waals surface area contributed by atoms with Gasteiger partial charge in [-0.1, -0.05) is 211 Å². The highest BCUT2D eigenvalue weighted by atomic mass is 16.6. The average Bonchev–Trinajstić information content (AvgIpc) is 3.16. The second kappa shape index (κ2) is 44.5. The van der Waals surface area contributed by atoms with Crippen molar-refractivity contribution in [3.63, 3.8) is 0 Å². The first-order chi connectivity index (χ1) is 26.1. The number of esters is 2. The van der Waals surface area contributed by atoms with Crippen LogP contribution < -0.4 is 0 Å². The van der Waals surface area contributed by atoms with Crippen LogP contribution in [0.5, 0.6) is 0 Å². The Balaban J connectivity index is 3.53. The molecule has 310 valence electrons. The molecule has 0 spiro atoms. The molecule has 0 saturated carbocycles. The second-order valence-electron chi connectivity index (χ2n) is 15.5. The number of aliphatic hydroxyl groups is 1. The van der Waals surface area contributed by atoms with Crippen LogP contribution in [-0.4, -0.2) is 36.4 Å². The molecule has 0 rings (SSSR count). The lowest BCUT2D eigenvalue weighted by atomic mass is 10.0. The summed E-state index contributed by atoms with van der Waals surface area (Å²) in [6.45, 7) is 4.14. The van der Waals surface area contributed by atoms with E-state index in [9.17, 15) is 14.7 Å². The number of aliphatic hydroxyl groups excluding tert-OH is 1. The van der Waals surface area contributed by atoms with E-state index >= 15 is 0 Å². The summed E-state index contributed by atoms with van der Waals surface area (Å²) < 4.78 is 10.6. The highest BCUT2D eigenvalue weighted by Gasteiger charge is 2.16. The minimum Gasteiger partial charge on any atom is -0.462 e. The fourth-order valence-electron chi connectivity index (χ4n) is 6.68. The summed E-state index contributed by atoms with van der Waals surface area (Å²) in [6, 6.07) is 0. The highest BCUT2D eigenvalue weighted by molar-refractivity contribution is 5.70. The first-order valence-electron chi connectivity index (χ1n) is 23.0. The third-order valence-corrected chi connectivity index (χ3v) is 10.2. The molecule has 0 aliphatic rings. The minimum atomic E-state index is -0.773. The molecule has 1 unspecified atom stereocenters. The Morgan fingerprint density at radius 1 is 0.434 bits per heavy atom. The van der Waals surface area contributed by atoms with Gasteiger partial charge in [0.2, 0.25) is 0 Å². The van der Waals surface area contributed by atoms with Crippen LogP contribution in [0, 0.1) is 0 Å². The Kier molecular flexibility index (Phi) is 42.9. The summed E-state index contributed by atoms with van der Waals surface area (Å²) in [5.41, 5.74) is 0. The van der Waals surface area contributed by atoms with E-state index in [0.29, 0.717) is 12.8 Å². The monoisotopic (exact) mass is 745 g/mol. The molecular weight excluding hydrogens is 657 g/mol. The van der Waals surface area contributed by atoms with E-state index in [1.807, 2.05) is 0 Å².